The number of benzene rings is 1. The van der Waals surface area contributed by atoms with Gasteiger partial charge >= 0.3 is 5.97 Å². The number of hydrogen-bond acceptors (Lipinski definition) is 3. The summed E-state index contributed by atoms with van der Waals surface area (Å²) < 4.78 is 9.39. The molecular formula is C17H28O3. The zero-order chi connectivity index (χ0) is 15.2. The predicted octanol–water partition coefficient (Wildman–Crippen LogP) is 4.22. The number of ether oxygens (including phenoxy) is 2. The molecule has 1 aromatic rings. The number of carbonyl (C=O) groups excluding carboxylic acids is 1. The minimum Gasteiger partial charge on any atom is -0.469 e. The first-order valence-corrected chi connectivity index (χ1v) is 7.44. The van der Waals surface area contributed by atoms with Gasteiger partial charge in [0, 0.05) is 6.92 Å². The SMILES string of the molecule is C1CCC2OC2C1.CC.COC(C)=O.c1ccccc1. The van der Waals surface area contributed by atoms with Crippen LogP contribution in [0.2, 0.25) is 0 Å². The molecule has 1 aromatic carbocycles. The number of rotatable bonds is 0. The fourth-order valence-electron chi connectivity index (χ4n) is 1.76. The van der Waals surface area contributed by atoms with E-state index >= 15 is 0 Å². The Kier molecular flexibility index (Phi) is 11.8. The summed E-state index contributed by atoms with van der Waals surface area (Å²) in [5, 5.41) is 0. The van der Waals surface area contributed by atoms with Gasteiger partial charge in [0.15, 0.2) is 0 Å². The van der Waals surface area contributed by atoms with Crippen LogP contribution in [0.3, 0.4) is 0 Å². The van der Waals surface area contributed by atoms with Crippen LogP contribution in [-0.4, -0.2) is 25.3 Å². The summed E-state index contributed by atoms with van der Waals surface area (Å²) in [5.74, 6) is -0.245. The number of methoxy groups -OCH3 is 1. The average Bonchev–Trinajstić information content (AvgIpc) is 3.32. The van der Waals surface area contributed by atoms with E-state index in [9.17, 15) is 4.79 Å². The summed E-state index contributed by atoms with van der Waals surface area (Å²) in [5.41, 5.74) is 0. The molecule has 0 aromatic heterocycles. The zero-order valence-electron chi connectivity index (χ0n) is 13.2. The highest BCUT2D eigenvalue weighted by Crippen LogP contribution is 2.35. The third kappa shape index (κ3) is 10.6. The molecule has 2 fully saturated rings. The molecule has 1 heterocycles. The number of carbonyl (C=O) groups is 1. The van der Waals surface area contributed by atoms with E-state index in [1.165, 1.54) is 39.7 Å². The Balaban J connectivity index is 0.000000260. The Morgan fingerprint density at radius 1 is 0.950 bits per heavy atom. The number of fused-ring (bicyclic) bond motifs is 1. The number of epoxide rings is 1. The molecule has 2 unspecified atom stereocenters. The van der Waals surface area contributed by atoms with Gasteiger partial charge in [0.05, 0.1) is 19.3 Å². The molecule has 0 amide bonds. The standard InChI is InChI=1S/C6H10O.C6H6.C3H6O2.C2H6/c1-2-4-6-5(3-1)7-6;1-2-4-6-5-3-1;1-3(4)5-2;1-2/h5-6H,1-4H2;1-6H;1-2H3;1-2H3. The Hall–Kier alpha value is -1.35. The molecule has 1 saturated carbocycles. The smallest absolute Gasteiger partial charge is 0.302 e. The van der Waals surface area contributed by atoms with Gasteiger partial charge in [-0.2, -0.15) is 0 Å². The lowest BCUT2D eigenvalue weighted by molar-refractivity contribution is -0.137. The molecule has 0 bridgehead atoms. The Morgan fingerprint density at radius 2 is 1.25 bits per heavy atom. The first-order chi connectivity index (χ1) is 9.74. The van der Waals surface area contributed by atoms with Crippen LogP contribution in [0.4, 0.5) is 0 Å². The molecule has 0 N–H and O–H groups in total. The van der Waals surface area contributed by atoms with Gasteiger partial charge < -0.3 is 9.47 Å². The van der Waals surface area contributed by atoms with Crippen molar-refractivity contribution < 1.29 is 14.3 Å². The fraction of sp³-hybridized carbons (Fsp3) is 0.588. The molecule has 0 radical (unpaired) electrons. The van der Waals surface area contributed by atoms with Crippen LogP contribution in [-0.2, 0) is 14.3 Å². The molecule has 3 rings (SSSR count). The van der Waals surface area contributed by atoms with Gasteiger partial charge in [0.25, 0.3) is 0 Å². The van der Waals surface area contributed by atoms with E-state index in [1.807, 2.05) is 50.2 Å². The lowest BCUT2D eigenvalue weighted by Crippen LogP contribution is -2.00. The molecule has 1 aliphatic heterocycles. The average molecular weight is 280 g/mol. The van der Waals surface area contributed by atoms with Gasteiger partial charge in [-0.3, -0.25) is 4.79 Å². The Morgan fingerprint density at radius 3 is 1.45 bits per heavy atom. The van der Waals surface area contributed by atoms with Crippen LogP contribution in [0.15, 0.2) is 36.4 Å². The summed E-state index contributed by atoms with van der Waals surface area (Å²) in [6.45, 7) is 5.36. The topological polar surface area (TPSA) is 38.8 Å². The molecule has 3 nitrogen and oxygen atoms in total. The molecular weight excluding hydrogens is 252 g/mol. The molecule has 2 aliphatic rings. The van der Waals surface area contributed by atoms with E-state index in [-0.39, 0.29) is 5.97 Å². The molecule has 1 saturated heterocycles. The van der Waals surface area contributed by atoms with Crippen LogP contribution in [0.1, 0.15) is 46.5 Å². The number of hydrogen-bond donors (Lipinski definition) is 0. The summed E-state index contributed by atoms with van der Waals surface area (Å²) in [7, 11) is 1.35. The van der Waals surface area contributed by atoms with Crippen LogP contribution in [0, 0.1) is 0 Å². The lowest BCUT2D eigenvalue weighted by Gasteiger charge is -2.00. The molecule has 114 valence electrons. The van der Waals surface area contributed by atoms with Gasteiger partial charge in [0.2, 0.25) is 0 Å². The maximum Gasteiger partial charge on any atom is 0.302 e. The molecule has 2 atom stereocenters. The van der Waals surface area contributed by atoms with Crippen LogP contribution >= 0.6 is 0 Å². The summed E-state index contributed by atoms with van der Waals surface area (Å²) in [6, 6.07) is 12.0. The van der Waals surface area contributed by atoms with Gasteiger partial charge in [-0.1, -0.05) is 63.1 Å². The van der Waals surface area contributed by atoms with Gasteiger partial charge in [-0.25, -0.2) is 0 Å². The van der Waals surface area contributed by atoms with Gasteiger partial charge in [-0.05, 0) is 12.8 Å². The second-order valence-electron chi connectivity index (χ2n) is 4.35. The number of esters is 1. The molecule has 20 heavy (non-hydrogen) atoms. The van der Waals surface area contributed by atoms with Crippen molar-refractivity contribution in [2.75, 3.05) is 7.11 Å². The zero-order valence-corrected chi connectivity index (χ0v) is 13.2. The van der Waals surface area contributed by atoms with Crippen molar-refractivity contribution >= 4 is 5.97 Å². The van der Waals surface area contributed by atoms with Crippen molar-refractivity contribution in [1.29, 1.82) is 0 Å². The van der Waals surface area contributed by atoms with Crippen LogP contribution < -0.4 is 0 Å². The minimum absolute atomic E-state index is 0.245. The quantitative estimate of drug-likeness (QED) is 0.527. The highest BCUT2D eigenvalue weighted by molar-refractivity contribution is 5.65. The summed E-state index contributed by atoms with van der Waals surface area (Å²) in [4.78, 5) is 9.59. The molecule has 0 spiro atoms. The van der Waals surface area contributed by atoms with Crippen molar-refractivity contribution in [3.05, 3.63) is 36.4 Å². The van der Waals surface area contributed by atoms with Gasteiger partial charge in [0.1, 0.15) is 0 Å². The largest absolute Gasteiger partial charge is 0.469 e. The van der Waals surface area contributed by atoms with Crippen molar-refractivity contribution in [3.8, 4) is 0 Å². The lowest BCUT2D eigenvalue weighted by atomic mass is 10.0. The normalized spacial score (nSPS) is 21.2. The third-order valence-electron chi connectivity index (χ3n) is 2.87. The molecule has 1 aliphatic carbocycles. The van der Waals surface area contributed by atoms with Crippen LogP contribution in [0.25, 0.3) is 0 Å². The first kappa shape index (κ1) is 18.7. The van der Waals surface area contributed by atoms with Crippen molar-refractivity contribution in [2.45, 2.75) is 58.7 Å². The fourth-order valence-corrected chi connectivity index (χ4v) is 1.76. The van der Waals surface area contributed by atoms with Gasteiger partial charge in [-0.15, -0.1) is 0 Å². The van der Waals surface area contributed by atoms with Crippen molar-refractivity contribution in [2.24, 2.45) is 0 Å². The summed E-state index contributed by atoms with van der Waals surface area (Å²) in [6.07, 6.45) is 6.89. The van der Waals surface area contributed by atoms with E-state index < -0.39 is 0 Å². The van der Waals surface area contributed by atoms with E-state index in [4.69, 9.17) is 4.74 Å². The second kappa shape index (κ2) is 12.7. The molecule has 3 heteroatoms. The maximum absolute atomic E-state index is 9.59. The van der Waals surface area contributed by atoms with Crippen LogP contribution in [0.5, 0.6) is 0 Å². The third-order valence-corrected chi connectivity index (χ3v) is 2.87. The Bertz CT molecular complexity index is 288. The van der Waals surface area contributed by atoms with E-state index in [1.54, 1.807) is 0 Å². The maximum atomic E-state index is 9.59. The summed E-state index contributed by atoms with van der Waals surface area (Å²) >= 11 is 0. The van der Waals surface area contributed by atoms with E-state index in [0.717, 1.165) is 0 Å². The second-order valence-corrected chi connectivity index (χ2v) is 4.35. The van der Waals surface area contributed by atoms with Crippen molar-refractivity contribution in [1.82, 2.24) is 0 Å². The highest BCUT2D eigenvalue weighted by atomic mass is 16.6. The minimum atomic E-state index is -0.245. The predicted molar refractivity (Wildman–Crippen MR) is 82.6 cm³/mol. The van der Waals surface area contributed by atoms with E-state index in [0.29, 0.717) is 12.2 Å². The Labute approximate surface area is 123 Å². The first-order valence-electron chi connectivity index (χ1n) is 7.44. The van der Waals surface area contributed by atoms with Crippen molar-refractivity contribution in [3.63, 3.8) is 0 Å². The van der Waals surface area contributed by atoms with E-state index in [2.05, 4.69) is 4.74 Å². The monoisotopic (exact) mass is 280 g/mol. The highest BCUT2D eigenvalue weighted by Gasteiger charge is 2.39.